The fourth-order valence-electron chi connectivity index (χ4n) is 4.01. The van der Waals surface area contributed by atoms with Gasteiger partial charge in [-0.3, -0.25) is 9.59 Å². The van der Waals surface area contributed by atoms with Crippen LogP contribution in [0.3, 0.4) is 0 Å². The third-order valence-electron chi connectivity index (χ3n) is 5.69. The van der Waals surface area contributed by atoms with Crippen molar-refractivity contribution in [3.05, 3.63) is 42.0 Å². The fourth-order valence-corrected chi connectivity index (χ4v) is 4.86. The number of thiazole rings is 1. The van der Waals surface area contributed by atoms with Gasteiger partial charge in [-0.05, 0) is 48.7 Å². The number of hydrogen-bond acceptors (Lipinski definition) is 6. The van der Waals surface area contributed by atoms with E-state index in [9.17, 15) is 9.59 Å². The summed E-state index contributed by atoms with van der Waals surface area (Å²) in [6.07, 6.45) is 5.55. The van der Waals surface area contributed by atoms with Crippen LogP contribution in [-0.4, -0.2) is 31.0 Å². The molecule has 8 heteroatoms. The van der Waals surface area contributed by atoms with Crippen LogP contribution in [0.4, 0.5) is 10.8 Å². The number of fused-ring (bicyclic) bond motifs is 1. The summed E-state index contributed by atoms with van der Waals surface area (Å²) in [5.74, 6) is 1.22. The molecule has 0 atom stereocenters. The number of carbonyl (C=O) groups is 2. The van der Waals surface area contributed by atoms with Gasteiger partial charge in [-0.2, -0.15) is 0 Å². The molecule has 1 aliphatic rings. The quantitative estimate of drug-likeness (QED) is 0.525. The molecule has 168 valence electrons. The molecule has 32 heavy (non-hydrogen) atoms. The molecule has 2 aromatic carbocycles. The van der Waals surface area contributed by atoms with E-state index in [4.69, 9.17) is 9.47 Å². The van der Waals surface area contributed by atoms with Crippen molar-refractivity contribution in [3.8, 4) is 11.5 Å². The Morgan fingerprint density at radius 3 is 2.53 bits per heavy atom. The third kappa shape index (κ3) is 5.19. The van der Waals surface area contributed by atoms with Gasteiger partial charge in [-0.1, -0.05) is 36.7 Å². The molecule has 0 aliphatic heterocycles. The second kappa shape index (κ2) is 9.99. The van der Waals surface area contributed by atoms with E-state index in [-0.39, 0.29) is 24.2 Å². The molecule has 0 unspecified atom stereocenters. The van der Waals surface area contributed by atoms with Crippen LogP contribution in [0, 0.1) is 5.92 Å². The Morgan fingerprint density at radius 2 is 1.78 bits per heavy atom. The number of nitrogens with zero attached hydrogens (tertiary/aromatic N) is 1. The normalized spacial score (nSPS) is 14.2. The fraction of sp³-hybridized carbons (Fsp3) is 0.375. The molecule has 1 aliphatic carbocycles. The predicted octanol–water partition coefficient (Wildman–Crippen LogP) is 5.01. The Balaban J connectivity index is 1.40. The number of ether oxygens (including phenoxy) is 2. The van der Waals surface area contributed by atoms with Crippen molar-refractivity contribution >= 4 is 44.2 Å². The topological polar surface area (TPSA) is 89.6 Å². The number of nitrogens with one attached hydrogen (secondary N) is 2. The van der Waals surface area contributed by atoms with Crippen LogP contribution in [0.25, 0.3) is 10.2 Å². The Labute approximate surface area is 191 Å². The van der Waals surface area contributed by atoms with Gasteiger partial charge in [0, 0.05) is 11.6 Å². The lowest BCUT2D eigenvalue weighted by atomic mass is 9.89. The first-order chi connectivity index (χ1) is 15.6. The van der Waals surface area contributed by atoms with Gasteiger partial charge in [-0.25, -0.2) is 4.98 Å². The van der Waals surface area contributed by atoms with Gasteiger partial charge >= 0.3 is 0 Å². The third-order valence-corrected chi connectivity index (χ3v) is 6.64. The number of benzene rings is 2. The monoisotopic (exact) mass is 453 g/mol. The summed E-state index contributed by atoms with van der Waals surface area (Å²) in [6.45, 7) is 0. The van der Waals surface area contributed by atoms with Crippen LogP contribution in [0.5, 0.6) is 11.5 Å². The first kappa shape index (κ1) is 22.1. The minimum atomic E-state index is -0.141. The standard InChI is InChI=1S/C24H27N3O4S/c1-30-19-10-8-15(12-20(19)31-2)13-22(28)25-17-9-11-21-18(14-17)26-24(32-21)27-23(29)16-6-4-3-5-7-16/h8-12,14,16H,3-7,13H2,1-2H3,(H,25,28)(H,26,27,29). The van der Waals surface area contributed by atoms with Crippen molar-refractivity contribution in [1.29, 1.82) is 0 Å². The number of anilines is 2. The van der Waals surface area contributed by atoms with Gasteiger partial charge in [0.15, 0.2) is 16.6 Å². The van der Waals surface area contributed by atoms with E-state index >= 15 is 0 Å². The lowest BCUT2D eigenvalue weighted by molar-refractivity contribution is -0.120. The zero-order valence-electron chi connectivity index (χ0n) is 18.3. The molecule has 3 aromatic rings. The molecular formula is C24H27N3O4S. The largest absolute Gasteiger partial charge is 0.493 e. The molecule has 1 saturated carbocycles. The Bertz CT molecular complexity index is 1120. The molecule has 0 saturated heterocycles. The van der Waals surface area contributed by atoms with Crippen LogP contribution < -0.4 is 20.1 Å². The number of hydrogen-bond donors (Lipinski definition) is 2. The van der Waals surface area contributed by atoms with Gasteiger partial charge in [0.25, 0.3) is 0 Å². The Kier molecular flexibility index (Phi) is 6.90. The van der Waals surface area contributed by atoms with E-state index < -0.39 is 0 Å². The lowest BCUT2D eigenvalue weighted by Crippen LogP contribution is -2.24. The highest BCUT2D eigenvalue weighted by atomic mass is 32.1. The first-order valence-electron chi connectivity index (χ1n) is 10.8. The molecule has 2 amide bonds. The second-order valence-corrected chi connectivity index (χ2v) is 8.97. The summed E-state index contributed by atoms with van der Waals surface area (Å²) in [5, 5.41) is 6.49. The van der Waals surface area contributed by atoms with Crippen molar-refractivity contribution in [3.63, 3.8) is 0 Å². The van der Waals surface area contributed by atoms with Gasteiger partial charge < -0.3 is 20.1 Å². The number of carbonyl (C=O) groups excluding carboxylic acids is 2. The van der Waals surface area contributed by atoms with Crippen molar-refractivity contribution < 1.29 is 19.1 Å². The van der Waals surface area contributed by atoms with E-state index in [0.717, 1.165) is 41.5 Å². The molecule has 4 rings (SSSR count). The summed E-state index contributed by atoms with van der Waals surface area (Å²) in [5.41, 5.74) is 2.24. The van der Waals surface area contributed by atoms with Gasteiger partial charge in [0.1, 0.15) is 0 Å². The summed E-state index contributed by atoms with van der Waals surface area (Å²) in [4.78, 5) is 29.6. The molecule has 1 aromatic heterocycles. The number of methoxy groups -OCH3 is 2. The highest BCUT2D eigenvalue weighted by Crippen LogP contribution is 2.31. The Hall–Kier alpha value is -3.13. The van der Waals surface area contributed by atoms with E-state index in [2.05, 4.69) is 15.6 Å². The minimum Gasteiger partial charge on any atom is -0.493 e. The van der Waals surface area contributed by atoms with Crippen LogP contribution >= 0.6 is 11.3 Å². The van der Waals surface area contributed by atoms with Crippen molar-refractivity contribution in [2.24, 2.45) is 5.92 Å². The smallest absolute Gasteiger partial charge is 0.229 e. The first-order valence-corrected chi connectivity index (χ1v) is 11.6. The summed E-state index contributed by atoms with van der Waals surface area (Å²) in [7, 11) is 3.14. The highest BCUT2D eigenvalue weighted by molar-refractivity contribution is 7.22. The molecule has 2 N–H and O–H groups in total. The van der Waals surface area contributed by atoms with Crippen LogP contribution in [0.15, 0.2) is 36.4 Å². The average molecular weight is 454 g/mol. The van der Waals surface area contributed by atoms with E-state index in [1.165, 1.54) is 17.8 Å². The highest BCUT2D eigenvalue weighted by Gasteiger charge is 2.22. The SMILES string of the molecule is COc1ccc(CC(=O)Nc2ccc3sc(NC(=O)C4CCCCC4)nc3c2)cc1OC. The molecular weight excluding hydrogens is 426 g/mol. The zero-order valence-corrected chi connectivity index (χ0v) is 19.1. The van der Waals surface area contributed by atoms with Crippen LogP contribution in [-0.2, 0) is 16.0 Å². The summed E-state index contributed by atoms with van der Waals surface area (Å²) < 4.78 is 11.5. The minimum absolute atomic E-state index is 0.0622. The maximum atomic E-state index is 12.5. The molecule has 1 fully saturated rings. The van der Waals surface area contributed by atoms with E-state index in [0.29, 0.717) is 22.3 Å². The van der Waals surface area contributed by atoms with Gasteiger partial charge in [-0.15, -0.1) is 0 Å². The molecule has 0 bridgehead atoms. The molecule has 1 heterocycles. The lowest BCUT2D eigenvalue weighted by Gasteiger charge is -2.19. The van der Waals surface area contributed by atoms with Crippen LogP contribution in [0.2, 0.25) is 0 Å². The zero-order chi connectivity index (χ0) is 22.5. The van der Waals surface area contributed by atoms with E-state index in [1.54, 1.807) is 26.4 Å². The average Bonchev–Trinajstić information content (AvgIpc) is 3.20. The maximum absolute atomic E-state index is 12.5. The molecule has 7 nitrogen and oxygen atoms in total. The van der Waals surface area contributed by atoms with Gasteiger partial charge in [0.05, 0.1) is 30.9 Å². The van der Waals surface area contributed by atoms with Crippen molar-refractivity contribution in [1.82, 2.24) is 4.98 Å². The number of amides is 2. The number of aromatic nitrogens is 1. The van der Waals surface area contributed by atoms with E-state index in [1.807, 2.05) is 24.3 Å². The summed E-state index contributed by atoms with van der Waals surface area (Å²) >= 11 is 1.45. The van der Waals surface area contributed by atoms with Crippen molar-refractivity contribution in [2.45, 2.75) is 38.5 Å². The Morgan fingerprint density at radius 1 is 1.00 bits per heavy atom. The predicted molar refractivity (Wildman–Crippen MR) is 127 cm³/mol. The number of rotatable bonds is 7. The van der Waals surface area contributed by atoms with Crippen LogP contribution in [0.1, 0.15) is 37.7 Å². The maximum Gasteiger partial charge on any atom is 0.229 e. The second-order valence-electron chi connectivity index (χ2n) is 7.94. The van der Waals surface area contributed by atoms with Gasteiger partial charge in [0.2, 0.25) is 11.8 Å². The molecule has 0 spiro atoms. The molecule has 0 radical (unpaired) electrons. The summed E-state index contributed by atoms with van der Waals surface area (Å²) in [6, 6.07) is 11.0. The van der Waals surface area contributed by atoms with Crippen molar-refractivity contribution in [2.75, 3.05) is 24.9 Å².